The molecule has 1 N–H and O–H groups in total. The quantitative estimate of drug-likeness (QED) is 0.237. The average Bonchev–Trinajstić information content (AvgIpc) is 3.19. The first kappa shape index (κ1) is 25.5. The molecule has 0 bridgehead atoms. The number of hydrogen-bond donors (Lipinski definition) is 1. The van der Waals surface area contributed by atoms with Crippen molar-refractivity contribution in [2.45, 2.75) is 31.5 Å². The molecule has 13 heteroatoms. The molecule has 2 aromatic heterocycles. The van der Waals surface area contributed by atoms with Crippen LogP contribution < -0.4 is 26.5 Å². The molecule has 2 aliphatic heterocycles. The molecule has 0 saturated carbocycles. The molecule has 2 atom stereocenters. The molecule has 1 unspecified atom stereocenters. The van der Waals surface area contributed by atoms with Crippen molar-refractivity contribution in [1.29, 1.82) is 0 Å². The van der Waals surface area contributed by atoms with Gasteiger partial charge in [0.25, 0.3) is 0 Å². The van der Waals surface area contributed by atoms with Crippen LogP contribution in [-0.4, -0.2) is 65.1 Å². The van der Waals surface area contributed by atoms with E-state index in [1.54, 1.807) is 44.6 Å². The number of carbonyl (C=O) groups excluding carboxylic acids is 1. The van der Waals surface area contributed by atoms with Crippen molar-refractivity contribution in [1.82, 2.24) is 25.0 Å². The molecule has 0 aromatic carbocycles. The second-order valence-corrected chi connectivity index (χ2v) is 11.1. The molecule has 7 nitrogen and oxygen atoms in total. The summed E-state index contributed by atoms with van der Waals surface area (Å²) in [7, 11) is 1.63. The monoisotopic (exact) mass is 609 g/mol. The van der Waals surface area contributed by atoms with Crippen LogP contribution in [0, 0.1) is 5.92 Å². The van der Waals surface area contributed by atoms with Crippen LogP contribution in [0.2, 0.25) is 0 Å². The molecule has 0 spiro atoms. The van der Waals surface area contributed by atoms with Crippen molar-refractivity contribution < 1.29 is 48.0 Å². The van der Waals surface area contributed by atoms with Gasteiger partial charge in [-0.05, 0) is 0 Å². The van der Waals surface area contributed by atoms with E-state index in [0.29, 0.717) is 15.1 Å². The van der Waals surface area contributed by atoms with Gasteiger partial charge in [-0.15, -0.1) is 0 Å². The molecule has 1 amide bonds. The van der Waals surface area contributed by atoms with E-state index in [0.717, 1.165) is 11.1 Å². The van der Waals surface area contributed by atoms with Crippen LogP contribution in [0.3, 0.4) is 0 Å². The minimum atomic E-state index is -4.39. The number of likely N-dealkylation sites (tertiary alicyclic amines) is 1. The summed E-state index contributed by atoms with van der Waals surface area (Å²) < 4.78 is 69.4. The van der Waals surface area contributed by atoms with Crippen LogP contribution in [0.5, 0.6) is 0 Å². The maximum atomic E-state index is 14.5. The van der Waals surface area contributed by atoms with Gasteiger partial charge in [0.2, 0.25) is 0 Å². The fourth-order valence-corrected chi connectivity index (χ4v) is 6.36. The molecule has 4 rings (SSSR count). The van der Waals surface area contributed by atoms with Crippen molar-refractivity contribution in [3.8, 4) is 11.3 Å². The van der Waals surface area contributed by atoms with Gasteiger partial charge in [-0.25, -0.2) is 0 Å². The Kier molecular flexibility index (Phi) is 7.16. The number of amides is 1. The van der Waals surface area contributed by atoms with Crippen molar-refractivity contribution in [3.05, 3.63) is 48.1 Å². The summed E-state index contributed by atoms with van der Waals surface area (Å²) in [6.45, 7) is 0.845. The van der Waals surface area contributed by atoms with Crippen LogP contribution in [0.15, 0.2) is 47.4 Å². The third kappa shape index (κ3) is 5.81. The second kappa shape index (κ2) is 9.82. The van der Waals surface area contributed by atoms with E-state index in [2.05, 4.69) is 20.4 Å². The topological polar surface area (TPSA) is 75.4 Å². The number of amidine groups is 1. The zero-order valence-corrected chi connectivity index (χ0v) is 21.0. The number of nitrogens with one attached hydrogen (secondary N) is 1. The SMILES string of the molecule is C[C@@H]1CC(F)(F)CN(C(=O)c2nn(C)cc2-c2ccccn2)C1CN=C1NC=C(C(F)(F)F)C[I-]1. The van der Waals surface area contributed by atoms with E-state index in [4.69, 9.17) is 0 Å². The Hall–Kier alpha value is -2.58. The molecule has 0 radical (unpaired) electrons. The number of alkyl halides is 6. The molecule has 1 saturated heterocycles. The number of halogens is 6. The van der Waals surface area contributed by atoms with Gasteiger partial charge < -0.3 is 0 Å². The van der Waals surface area contributed by atoms with Crippen molar-refractivity contribution in [3.63, 3.8) is 0 Å². The van der Waals surface area contributed by atoms with Gasteiger partial charge in [0.15, 0.2) is 0 Å². The van der Waals surface area contributed by atoms with E-state index in [1.807, 2.05) is 0 Å². The Morgan fingerprint density at radius 2 is 2.11 bits per heavy atom. The standard InChI is InChI=1S/C22H23F5IN6O/c1-13-7-21(23,24)12-34(17(13)10-31-20-28-8-14(9-30-20)22(25,26)27)19(35)18-15(11-33(2)32-18)16-5-3-4-6-29-16/h3-6,9,11,13,17H,7-8,10,12H2,1-2H3,(H,30,31)/q-1/t13-,17?/m1/s1. The summed E-state index contributed by atoms with van der Waals surface area (Å²) in [5.74, 6) is -4.33. The molecular formula is C22H23F5IN6O-. The molecule has 35 heavy (non-hydrogen) atoms. The van der Waals surface area contributed by atoms with Crippen molar-refractivity contribution in [2.24, 2.45) is 18.0 Å². The Balaban J connectivity index is 1.60. The van der Waals surface area contributed by atoms with Crippen LogP contribution in [0.25, 0.3) is 11.3 Å². The third-order valence-corrected chi connectivity index (χ3v) is 8.37. The number of aromatic nitrogens is 3. The van der Waals surface area contributed by atoms with Gasteiger partial charge in [-0.3, -0.25) is 0 Å². The normalized spacial score (nSPS) is 23.9. The Morgan fingerprint density at radius 3 is 2.74 bits per heavy atom. The predicted molar refractivity (Wildman–Crippen MR) is 114 cm³/mol. The van der Waals surface area contributed by atoms with Gasteiger partial charge in [0, 0.05) is 0 Å². The number of allylic oxidation sites excluding steroid dienone is 1. The second-order valence-electron chi connectivity index (χ2n) is 8.53. The minimum absolute atomic E-state index is 0.00594. The van der Waals surface area contributed by atoms with Gasteiger partial charge in [0.05, 0.1) is 0 Å². The van der Waals surface area contributed by atoms with Crippen LogP contribution in [0.1, 0.15) is 23.8 Å². The zero-order valence-electron chi connectivity index (χ0n) is 18.9. The molecule has 1 fully saturated rings. The van der Waals surface area contributed by atoms with E-state index in [1.165, 1.54) is 4.68 Å². The van der Waals surface area contributed by atoms with Crippen LogP contribution in [-0.2, 0) is 7.05 Å². The van der Waals surface area contributed by atoms with Gasteiger partial charge in [0.1, 0.15) is 0 Å². The van der Waals surface area contributed by atoms with Gasteiger partial charge >= 0.3 is 209 Å². The number of pyridine rings is 1. The fourth-order valence-electron chi connectivity index (χ4n) is 4.12. The zero-order chi connectivity index (χ0) is 25.4. The van der Waals surface area contributed by atoms with Crippen molar-refractivity contribution in [2.75, 3.05) is 17.5 Å². The Morgan fingerprint density at radius 1 is 1.34 bits per heavy atom. The number of nitrogens with zero attached hydrogens (tertiary/aromatic N) is 5. The number of rotatable bonds is 4. The number of hydrogen-bond acceptors (Lipinski definition) is 4. The molecule has 2 aliphatic rings. The first-order valence-corrected chi connectivity index (χ1v) is 13.4. The summed E-state index contributed by atoms with van der Waals surface area (Å²) in [4.78, 5) is 23.3. The van der Waals surface area contributed by atoms with Crippen molar-refractivity contribution >= 4 is 9.75 Å². The first-order chi connectivity index (χ1) is 16.4. The summed E-state index contributed by atoms with van der Waals surface area (Å²) in [5, 5.41) is 6.83. The number of carbonyl (C=O) groups is 1. The number of aliphatic imine (C=N–C) groups is 1. The summed E-state index contributed by atoms with van der Waals surface area (Å²) in [6.07, 6.45) is -0.736. The maximum absolute atomic E-state index is 14.5. The summed E-state index contributed by atoms with van der Waals surface area (Å²) in [6, 6.07) is 4.51. The predicted octanol–water partition coefficient (Wildman–Crippen LogP) is 0.462. The third-order valence-electron chi connectivity index (χ3n) is 5.80. The van der Waals surface area contributed by atoms with E-state index >= 15 is 0 Å². The fraction of sp³-hybridized carbons (Fsp3) is 0.455. The molecule has 2 aromatic rings. The summed E-state index contributed by atoms with van der Waals surface area (Å²) >= 11 is -1.05. The Labute approximate surface area is 208 Å². The van der Waals surface area contributed by atoms with Crippen LogP contribution in [0.4, 0.5) is 22.0 Å². The Bertz CT molecular complexity index is 1150. The summed E-state index contributed by atoms with van der Waals surface area (Å²) in [5.41, 5.74) is 0.286. The van der Waals surface area contributed by atoms with E-state index < -0.39 is 69.7 Å². The first-order valence-electron chi connectivity index (χ1n) is 10.7. The number of piperidine rings is 1. The van der Waals surface area contributed by atoms with E-state index in [-0.39, 0.29) is 16.7 Å². The number of aryl methyl sites for hydroxylation is 1. The van der Waals surface area contributed by atoms with Gasteiger partial charge in [-0.1, -0.05) is 0 Å². The molecule has 0 aliphatic carbocycles. The van der Waals surface area contributed by atoms with Crippen LogP contribution >= 0.6 is 0 Å². The molecule has 190 valence electrons. The van der Waals surface area contributed by atoms with Gasteiger partial charge in [-0.2, -0.15) is 0 Å². The molecular weight excluding hydrogens is 586 g/mol. The average molecular weight is 609 g/mol. The van der Waals surface area contributed by atoms with E-state index in [9.17, 15) is 26.7 Å². The molecule has 4 heterocycles.